The smallest absolute Gasteiger partial charge is 0.134 e. The number of benzene rings is 2. The molecule has 0 amide bonds. The van der Waals surface area contributed by atoms with Gasteiger partial charge in [-0.15, -0.1) is 0 Å². The number of nitrogens with zero attached hydrogens (tertiary/aromatic N) is 3. The van der Waals surface area contributed by atoms with E-state index in [1.54, 1.807) is 0 Å². The number of ether oxygens (including phenoxy) is 1. The monoisotopic (exact) mass is 307 g/mol. The van der Waals surface area contributed by atoms with Gasteiger partial charge in [-0.25, -0.2) is 4.99 Å². The van der Waals surface area contributed by atoms with E-state index in [-0.39, 0.29) is 0 Å². The molecule has 0 radical (unpaired) electrons. The van der Waals surface area contributed by atoms with Crippen molar-refractivity contribution in [2.75, 3.05) is 38.9 Å². The molecule has 2 aliphatic rings. The summed E-state index contributed by atoms with van der Waals surface area (Å²) in [6, 6.07) is 17.2. The standard InChI is InChI=1S/C19H21N3O/c1-21(2)19-17-9-8-14(15-11-23-12-15)10-18(17)22(13-20-19)16-6-4-3-5-7-16/h3-10,15H,11-13H2,1-2H3. The molecule has 4 rings (SSSR count). The molecule has 0 unspecified atom stereocenters. The second-order valence-electron chi connectivity index (χ2n) is 6.29. The van der Waals surface area contributed by atoms with Crippen LogP contribution < -0.4 is 4.90 Å². The lowest BCUT2D eigenvalue weighted by atomic mass is 9.94. The maximum absolute atomic E-state index is 5.36. The van der Waals surface area contributed by atoms with Crippen molar-refractivity contribution in [1.82, 2.24) is 4.90 Å². The first kappa shape index (κ1) is 14.3. The molecule has 2 heterocycles. The minimum absolute atomic E-state index is 0.527. The van der Waals surface area contributed by atoms with Gasteiger partial charge in [0.25, 0.3) is 0 Å². The zero-order valence-corrected chi connectivity index (χ0v) is 13.6. The highest BCUT2D eigenvalue weighted by atomic mass is 16.5. The van der Waals surface area contributed by atoms with Crippen LogP contribution in [0.1, 0.15) is 17.0 Å². The molecule has 1 saturated heterocycles. The lowest BCUT2D eigenvalue weighted by molar-refractivity contribution is 0.00844. The van der Waals surface area contributed by atoms with Crippen LogP contribution in [0.4, 0.5) is 11.4 Å². The molecule has 2 aromatic carbocycles. The van der Waals surface area contributed by atoms with Gasteiger partial charge < -0.3 is 14.5 Å². The molecular formula is C19H21N3O. The normalized spacial score (nSPS) is 17.3. The Morgan fingerprint density at radius 1 is 1.09 bits per heavy atom. The third-order valence-corrected chi connectivity index (χ3v) is 4.52. The summed E-state index contributed by atoms with van der Waals surface area (Å²) in [6.07, 6.45) is 0. The van der Waals surface area contributed by atoms with Crippen molar-refractivity contribution in [2.24, 2.45) is 4.99 Å². The molecule has 2 aromatic rings. The lowest BCUT2D eigenvalue weighted by Gasteiger charge is -2.34. The van der Waals surface area contributed by atoms with Crippen LogP contribution in [0.5, 0.6) is 0 Å². The topological polar surface area (TPSA) is 28.1 Å². The van der Waals surface area contributed by atoms with E-state index in [9.17, 15) is 0 Å². The highest BCUT2D eigenvalue weighted by Crippen LogP contribution is 2.36. The zero-order valence-electron chi connectivity index (χ0n) is 13.6. The SMILES string of the molecule is CN(C)C1=NCN(c2ccccc2)c2cc(C3COC3)ccc21. The van der Waals surface area contributed by atoms with Crippen LogP contribution in [0.2, 0.25) is 0 Å². The average Bonchev–Trinajstić information content (AvgIpc) is 2.52. The van der Waals surface area contributed by atoms with Crippen LogP contribution in [0.15, 0.2) is 53.5 Å². The summed E-state index contributed by atoms with van der Waals surface area (Å²) in [7, 11) is 4.10. The fourth-order valence-corrected chi connectivity index (χ4v) is 3.15. The Morgan fingerprint density at radius 3 is 2.52 bits per heavy atom. The zero-order chi connectivity index (χ0) is 15.8. The Morgan fingerprint density at radius 2 is 1.87 bits per heavy atom. The highest BCUT2D eigenvalue weighted by molar-refractivity contribution is 6.05. The molecule has 0 saturated carbocycles. The van der Waals surface area contributed by atoms with Gasteiger partial charge in [0.1, 0.15) is 12.5 Å². The Hall–Kier alpha value is -2.33. The van der Waals surface area contributed by atoms with Gasteiger partial charge in [-0.1, -0.05) is 24.3 Å². The summed E-state index contributed by atoms with van der Waals surface area (Å²) < 4.78 is 5.36. The van der Waals surface area contributed by atoms with Crippen molar-refractivity contribution in [3.05, 3.63) is 59.7 Å². The van der Waals surface area contributed by atoms with Gasteiger partial charge in [0.2, 0.25) is 0 Å². The lowest BCUT2D eigenvalue weighted by Crippen LogP contribution is -2.33. The Balaban J connectivity index is 1.81. The third-order valence-electron chi connectivity index (χ3n) is 4.52. The number of amidine groups is 1. The molecule has 118 valence electrons. The van der Waals surface area contributed by atoms with Gasteiger partial charge in [-0.3, -0.25) is 0 Å². The maximum Gasteiger partial charge on any atom is 0.134 e. The molecule has 4 nitrogen and oxygen atoms in total. The molecule has 0 spiro atoms. The molecule has 0 atom stereocenters. The number of hydrogen-bond donors (Lipinski definition) is 0. The molecule has 2 aliphatic heterocycles. The Kier molecular flexibility index (Phi) is 3.54. The van der Waals surface area contributed by atoms with Crippen molar-refractivity contribution in [3.8, 4) is 0 Å². The van der Waals surface area contributed by atoms with Crippen LogP contribution in [0.3, 0.4) is 0 Å². The molecule has 4 heteroatoms. The van der Waals surface area contributed by atoms with E-state index in [1.165, 1.54) is 22.5 Å². The molecule has 23 heavy (non-hydrogen) atoms. The first-order chi connectivity index (χ1) is 11.2. The molecule has 0 aliphatic carbocycles. The number of para-hydroxylation sites is 1. The fourth-order valence-electron chi connectivity index (χ4n) is 3.15. The molecular weight excluding hydrogens is 286 g/mol. The van der Waals surface area contributed by atoms with Crippen molar-refractivity contribution in [3.63, 3.8) is 0 Å². The second kappa shape index (κ2) is 5.70. The van der Waals surface area contributed by atoms with Gasteiger partial charge in [0.15, 0.2) is 0 Å². The quantitative estimate of drug-likeness (QED) is 0.853. The van der Waals surface area contributed by atoms with E-state index in [0.717, 1.165) is 19.0 Å². The van der Waals surface area contributed by atoms with Crippen LogP contribution in [0, 0.1) is 0 Å². The summed E-state index contributed by atoms with van der Waals surface area (Å²) in [5, 5.41) is 0. The van der Waals surface area contributed by atoms with E-state index in [1.807, 2.05) is 6.07 Å². The summed E-state index contributed by atoms with van der Waals surface area (Å²) in [5.41, 5.74) is 4.96. The molecule has 0 N–H and O–H groups in total. The minimum atomic E-state index is 0.527. The van der Waals surface area contributed by atoms with E-state index >= 15 is 0 Å². The van der Waals surface area contributed by atoms with Gasteiger partial charge in [-0.05, 0) is 29.8 Å². The summed E-state index contributed by atoms with van der Waals surface area (Å²) >= 11 is 0. The van der Waals surface area contributed by atoms with Gasteiger partial charge in [0, 0.05) is 31.3 Å². The van der Waals surface area contributed by atoms with E-state index < -0.39 is 0 Å². The van der Waals surface area contributed by atoms with E-state index in [2.05, 4.69) is 66.4 Å². The van der Waals surface area contributed by atoms with Gasteiger partial charge in [-0.2, -0.15) is 0 Å². The van der Waals surface area contributed by atoms with Crippen LogP contribution >= 0.6 is 0 Å². The predicted molar refractivity (Wildman–Crippen MR) is 93.7 cm³/mol. The third kappa shape index (κ3) is 2.49. The van der Waals surface area contributed by atoms with Crippen LogP contribution in [0.25, 0.3) is 0 Å². The molecule has 1 fully saturated rings. The van der Waals surface area contributed by atoms with Crippen molar-refractivity contribution >= 4 is 17.2 Å². The fraction of sp³-hybridized carbons (Fsp3) is 0.316. The first-order valence-electron chi connectivity index (χ1n) is 8.00. The largest absolute Gasteiger partial charge is 0.380 e. The summed E-state index contributed by atoms with van der Waals surface area (Å²) in [6.45, 7) is 2.31. The molecule has 0 aromatic heterocycles. The van der Waals surface area contributed by atoms with Gasteiger partial charge in [0.05, 0.1) is 18.9 Å². The summed E-state index contributed by atoms with van der Waals surface area (Å²) in [5.74, 6) is 1.57. The number of hydrogen-bond acceptors (Lipinski definition) is 4. The summed E-state index contributed by atoms with van der Waals surface area (Å²) in [4.78, 5) is 9.15. The number of aliphatic imine (C=N–C) groups is 1. The number of fused-ring (bicyclic) bond motifs is 1. The van der Waals surface area contributed by atoms with Crippen molar-refractivity contribution in [1.29, 1.82) is 0 Å². The Bertz CT molecular complexity index is 736. The average molecular weight is 307 g/mol. The van der Waals surface area contributed by atoms with Gasteiger partial charge >= 0.3 is 0 Å². The van der Waals surface area contributed by atoms with E-state index in [4.69, 9.17) is 9.73 Å². The maximum atomic E-state index is 5.36. The van der Waals surface area contributed by atoms with E-state index in [0.29, 0.717) is 12.6 Å². The van der Waals surface area contributed by atoms with Crippen LogP contribution in [-0.4, -0.2) is 44.7 Å². The van der Waals surface area contributed by atoms with Crippen LogP contribution in [-0.2, 0) is 4.74 Å². The van der Waals surface area contributed by atoms with Crippen molar-refractivity contribution in [2.45, 2.75) is 5.92 Å². The Labute approximate surface area is 137 Å². The second-order valence-corrected chi connectivity index (χ2v) is 6.29. The molecule has 0 bridgehead atoms. The first-order valence-corrected chi connectivity index (χ1v) is 8.00. The number of rotatable bonds is 2. The minimum Gasteiger partial charge on any atom is -0.380 e. The number of anilines is 2. The van der Waals surface area contributed by atoms with Crippen molar-refractivity contribution < 1.29 is 4.74 Å². The predicted octanol–water partition coefficient (Wildman–Crippen LogP) is 3.22. The highest BCUT2D eigenvalue weighted by Gasteiger charge is 2.26.